The van der Waals surface area contributed by atoms with Gasteiger partial charge in [-0.15, -0.1) is 0 Å². The first-order valence-electron chi connectivity index (χ1n) is 6.64. The molecule has 3 N–H and O–H groups in total. The van der Waals surface area contributed by atoms with Crippen molar-refractivity contribution in [3.8, 4) is 0 Å². The lowest BCUT2D eigenvalue weighted by Crippen LogP contribution is -2.58. The Morgan fingerprint density at radius 2 is 2.05 bits per heavy atom. The minimum Gasteiger partial charge on any atom is -0.390 e. The molecular formula is C12H22N2O4S. The molecule has 0 aromatic carbocycles. The summed E-state index contributed by atoms with van der Waals surface area (Å²) in [5.74, 6) is 0. The number of fused-ring (bicyclic) bond motifs is 1. The summed E-state index contributed by atoms with van der Waals surface area (Å²) in [5.41, 5.74) is -0.339. The number of rotatable bonds is 3. The third-order valence-electron chi connectivity index (χ3n) is 3.69. The number of aliphatic imine (C=N–C) groups is 1. The van der Waals surface area contributed by atoms with Crippen molar-refractivity contribution in [3.05, 3.63) is 0 Å². The van der Waals surface area contributed by atoms with Gasteiger partial charge in [0.25, 0.3) is 0 Å². The molecule has 6 nitrogen and oxygen atoms in total. The van der Waals surface area contributed by atoms with Crippen molar-refractivity contribution in [2.24, 2.45) is 4.99 Å². The fraction of sp³-hybridized carbons (Fsp3) is 0.917. The van der Waals surface area contributed by atoms with E-state index in [1.165, 1.54) is 11.8 Å². The van der Waals surface area contributed by atoms with Crippen LogP contribution in [-0.4, -0.2) is 74.9 Å². The van der Waals surface area contributed by atoms with E-state index in [-0.39, 0.29) is 5.44 Å². The molecule has 0 spiro atoms. The highest BCUT2D eigenvalue weighted by atomic mass is 32.2. The van der Waals surface area contributed by atoms with Crippen molar-refractivity contribution in [2.45, 2.75) is 56.2 Å². The van der Waals surface area contributed by atoms with Gasteiger partial charge in [-0.3, -0.25) is 4.99 Å². The van der Waals surface area contributed by atoms with E-state index in [0.717, 1.165) is 11.7 Å². The van der Waals surface area contributed by atoms with Gasteiger partial charge in [0.05, 0.1) is 6.10 Å². The van der Waals surface area contributed by atoms with Crippen LogP contribution < -0.4 is 0 Å². The van der Waals surface area contributed by atoms with Gasteiger partial charge in [0.15, 0.2) is 5.17 Å². The Morgan fingerprint density at radius 3 is 2.63 bits per heavy atom. The topological polar surface area (TPSA) is 85.5 Å². The smallest absolute Gasteiger partial charge is 0.162 e. The summed E-state index contributed by atoms with van der Waals surface area (Å²) >= 11 is 1.44. The van der Waals surface area contributed by atoms with Gasteiger partial charge in [-0.05, 0) is 13.3 Å². The Kier molecular flexibility index (Phi) is 4.73. The van der Waals surface area contributed by atoms with E-state index in [9.17, 15) is 15.3 Å². The number of aliphatic hydroxyl groups is 3. The Hall–Kier alpha value is -0.340. The Bertz CT molecular complexity index is 355. The summed E-state index contributed by atoms with van der Waals surface area (Å²) in [5, 5.41) is 30.9. The normalized spacial score (nSPS) is 39.7. The molecular weight excluding hydrogens is 268 g/mol. The molecule has 0 amide bonds. The summed E-state index contributed by atoms with van der Waals surface area (Å²) in [6.45, 7) is 4.64. The summed E-state index contributed by atoms with van der Waals surface area (Å²) in [4.78, 5) is 6.39. The molecule has 1 fully saturated rings. The van der Waals surface area contributed by atoms with Gasteiger partial charge >= 0.3 is 0 Å². The van der Waals surface area contributed by atoms with Crippen molar-refractivity contribution in [1.29, 1.82) is 0 Å². The Labute approximate surface area is 117 Å². The number of nitrogens with zero attached hydrogens (tertiary/aromatic N) is 2. The number of amidine groups is 1. The maximum absolute atomic E-state index is 10.2. The molecule has 0 aromatic rings. The summed E-state index contributed by atoms with van der Waals surface area (Å²) in [6.07, 6.45) is -3.17. The van der Waals surface area contributed by atoms with E-state index in [2.05, 4.69) is 4.99 Å². The minimum absolute atomic E-state index is 0.339. The van der Waals surface area contributed by atoms with Crippen molar-refractivity contribution >= 4 is 16.9 Å². The van der Waals surface area contributed by atoms with Crippen molar-refractivity contribution in [2.75, 3.05) is 13.6 Å². The number of ether oxygens (including phenoxy) is 1. The van der Waals surface area contributed by atoms with Gasteiger partial charge in [-0.1, -0.05) is 18.7 Å². The Balaban J connectivity index is 2.12. The van der Waals surface area contributed by atoms with E-state index < -0.39 is 30.5 Å². The zero-order chi connectivity index (χ0) is 14.2. The number of aliphatic hydroxyl groups excluding tert-OH is 3. The van der Waals surface area contributed by atoms with Crippen molar-refractivity contribution in [1.82, 2.24) is 4.90 Å². The first kappa shape index (κ1) is 15.1. The maximum Gasteiger partial charge on any atom is 0.162 e. The minimum atomic E-state index is -1.10. The third kappa shape index (κ3) is 2.75. The van der Waals surface area contributed by atoms with Crippen LogP contribution in [0.5, 0.6) is 0 Å². The van der Waals surface area contributed by atoms with Gasteiger partial charge in [0, 0.05) is 13.6 Å². The second-order valence-electron chi connectivity index (χ2n) is 4.96. The molecule has 110 valence electrons. The van der Waals surface area contributed by atoms with Crippen LogP contribution in [0.2, 0.25) is 0 Å². The Morgan fingerprint density at radius 1 is 1.37 bits per heavy atom. The molecule has 6 atom stereocenters. The average Bonchev–Trinajstić information content (AvgIpc) is 2.85. The third-order valence-corrected chi connectivity index (χ3v) is 4.94. The highest BCUT2D eigenvalue weighted by Crippen LogP contribution is 2.38. The van der Waals surface area contributed by atoms with Crippen molar-refractivity contribution in [3.63, 3.8) is 0 Å². The van der Waals surface area contributed by atoms with Crippen LogP contribution in [-0.2, 0) is 4.74 Å². The lowest BCUT2D eigenvalue weighted by Gasteiger charge is -2.40. The largest absolute Gasteiger partial charge is 0.390 e. The molecule has 0 unspecified atom stereocenters. The van der Waals surface area contributed by atoms with Crippen LogP contribution in [0.4, 0.5) is 0 Å². The molecule has 1 saturated heterocycles. The van der Waals surface area contributed by atoms with Crippen LogP contribution in [0.25, 0.3) is 0 Å². The molecule has 2 rings (SSSR count). The monoisotopic (exact) mass is 290 g/mol. The SMILES string of the molecule is CC[C@H](O)[C@H]1O[C@@H]2SC(N(C)CC)=N[C@@H]2[C@@H](O)[C@@H]1O. The van der Waals surface area contributed by atoms with E-state index in [1.807, 2.05) is 25.8 Å². The van der Waals surface area contributed by atoms with Crippen molar-refractivity contribution < 1.29 is 20.1 Å². The van der Waals surface area contributed by atoms with Gasteiger partial charge in [0.1, 0.15) is 29.8 Å². The highest BCUT2D eigenvalue weighted by Gasteiger charge is 2.50. The maximum atomic E-state index is 10.2. The quantitative estimate of drug-likeness (QED) is 0.657. The van der Waals surface area contributed by atoms with Gasteiger partial charge in [0.2, 0.25) is 0 Å². The van der Waals surface area contributed by atoms with E-state index >= 15 is 0 Å². The first-order valence-corrected chi connectivity index (χ1v) is 7.52. The van der Waals surface area contributed by atoms with Crippen LogP contribution in [0.15, 0.2) is 4.99 Å². The first-order chi connectivity index (χ1) is 8.99. The van der Waals surface area contributed by atoms with Crippen LogP contribution in [0.3, 0.4) is 0 Å². The predicted molar refractivity (Wildman–Crippen MR) is 74.1 cm³/mol. The molecule has 7 heteroatoms. The predicted octanol–water partition coefficient (Wildman–Crippen LogP) is -0.373. The summed E-state index contributed by atoms with van der Waals surface area (Å²) in [6, 6.07) is -0.468. The van der Waals surface area contributed by atoms with Crippen LogP contribution >= 0.6 is 11.8 Å². The lowest BCUT2D eigenvalue weighted by molar-refractivity contribution is -0.185. The number of hydrogen-bond acceptors (Lipinski definition) is 7. The second kappa shape index (κ2) is 5.97. The fourth-order valence-electron chi connectivity index (χ4n) is 2.24. The lowest BCUT2D eigenvalue weighted by atomic mass is 9.94. The molecule has 19 heavy (non-hydrogen) atoms. The molecule has 2 aliphatic rings. The zero-order valence-corrected chi connectivity index (χ0v) is 12.2. The second-order valence-corrected chi connectivity index (χ2v) is 6.03. The van der Waals surface area contributed by atoms with Gasteiger partial charge in [-0.25, -0.2) is 0 Å². The molecule has 2 heterocycles. The fourth-order valence-corrected chi connectivity index (χ4v) is 3.49. The molecule has 0 aliphatic carbocycles. The highest BCUT2D eigenvalue weighted by molar-refractivity contribution is 8.14. The molecule has 0 aromatic heterocycles. The zero-order valence-electron chi connectivity index (χ0n) is 11.4. The van der Waals surface area contributed by atoms with E-state index in [1.54, 1.807) is 0 Å². The van der Waals surface area contributed by atoms with E-state index in [0.29, 0.717) is 6.42 Å². The summed E-state index contributed by atoms with van der Waals surface area (Å²) in [7, 11) is 1.92. The number of hydrogen-bond donors (Lipinski definition) is 3. The van der Waals surface area contributed by atoms with Crippen LogP contribution in [0, 0.1) is 0 Å². The van der Waals surface area contributed by atoms with Crippen LogP contribution in [0.1, 0.15) is 20.3 Å². The van der Waals surface area contributed by atoms with Gasteiger partial charge < -0.3 is 25.0 Å². The summed E-state index contributed by atoms with van der Waals surface area (Å²) < 4.78 is 5.73. The molecule has 2 aliphatic heterocycles. The average molecular weight is 290 g/mol. The number of thioether (sulfide) groups is 1. The standard InChI is InChI=1S/C12H22N2O4S/c1-4-6(15)10-9(17)8(16)7-11(18-10)19-12(13-7)14(3)5-2/h6-11,15-17H,4-5H2,1-3H3/t6-,7+,8+,9-,10+,11+/m0/s1. The molecule has 0 bridgehead atoms. The molecule has 0 saturated carbocycles. The van der Waals surface area contributed by atoms with E-state index in [4.69, 9.17) is 4.74 Å². The molecule has 0 radical (unpaired) electrons. The van der Waals surface area contributed by atoms with Gasteiger partial charge in [-0.2, -0.15) is 0 Å².